The van der Waals surface area contributed by atoms with Crippen molar-refractivity contribution in [3.05, 3.63) is 53.9 Å². The Labute approximate surface area is 141 Å². The molecule has 0 radical (unpaired) electrons. The lowest BCUT2D eigenvalue weighted by Crippen LogP contribution is -2.42. The molecule has 1 heterocycles. The molecule has 0 saturated carbocycles. The molecule has 1 amide bonds. The molecule has 6 heteroatoms. The zero-order valence-corrected chi connectivity index (χ0v) is 14.2. The molecule has 2 rings (SSSR count). The van der Waals surface area contributed by atoms with Crippen molar-refractivity contribution in [1.82, 2.24) is 15.1 Å². The largest absolute Gasteiger partial charge is 0.467 e. The Bertz CT molecular complexity index is 663. The average molecular weight is 329 g/mol. The minimum atomic E-state index is -0.633. The van der Waals surface area contributed by atoms with E-state index in [1.165, 1.54) is 7.11 Å². The molecule has 0 aliphatic rings. The van der Waals surface area contributed by atoms with Crippen molar-refractivity contribution in [1.29, 1.82) is 0 Å². The van der Waals surface area contributed by atoms with Gasteiger partial charge in [-0.05, 0) is 36.1 Å². The van der Waals surface area contributed by atoms with E-state index in [1.54, 1.807) is 18.3 Å². The molecule has 0 aliphatic carbocycles. The van der Waals surface area contributed by atoms with Crippen LogP contribution < -0.4 is 5.32 Å². The number of nitrogens with zero attached hydrogens (tertiary/aromatic N) is 2. The Morgan fingerprint density at radius 1 is 1.25 bits per heavy atom. The topological polar surface area (TPSA) is 73.2 Å². The van der Waals surface area contributed by atoms with Gasteiger partial charge in [0.25, 0.3) is 5.91 Å². The van der Waals surface area contributed by atoms with Crippen molar-refractivity contribution in [2.75, 3.05) is 7.11 Å². The number of rotatable bonds is 7. The Hall–Kier alpha value is -2.63. The Morgan fingerprint density at radius 2 is 1.96 bits per heavy atom. The van der Waals surface area contributed by atoms with Gasteiger partial charge in [0.15, 0.2) is 0 Å². The first-order valence-electron chi connectivity index (χ1n) is 7.94. The van der Waals surface area contributed by atoms with Crippen LogP contribution in [0.25, 0.3) is 0 Å². The third-order valence-electron chi connectivity index (χ3n) is 3.62. The minimum absolute atomic E-state index is 0.269. The second-order valence-corrected chi connectivity index (χ2v) is 6.08. The first kappa shape index (κ1) is 17.7. The number of ether oxygens (including phenoxy) is 1. The molecule has 0 aliphatic heterocycles. The fourth-order valence-corrected chi connectivity index (χ4v) is 2.41. The predicted molar refractivity (Wildman–Crippen MR) is 90.5 cm³/mol. The van der Waals surface area contributed by atoms with Crippen LogP contribution >= 0.6 is 0 Å². The first-order chi connectivity index (χ1) is 11.5. The molecule has 6 nitrogen and oxygen atoms in total. The van der Waals surface area contributed by atoms with Gasteiger partial charge in [-0.1, -0.05) is 26.0 Å². The van der Waals surface area contributed by atoms with Crippen molar-refractivity contribution in [2.45, 2.75) is 32.9 Å². The molecule has 2 aromatic rings. The van der Waals surface area contributed by atoms with Gasteiger partial charge in [0.2, 0.25) is 0 Å². The van der Waals surface area contributed by atoms with Gasteiger partial charge in [0, 0.05) is 18.0 Å². The number of amides is 1. The summed E-state index contributed by atoms with van der Waals surface area (Å²) in [5, 5.41) is 6.90. The summed E-state index contributed by atoms with van der Waals surface area (Å²) in [6.07, 6.45) is 4.15. The van der Waals surface area contributed by atoms with Gasteiger partial charge in [0.1, 0.15) is 6.04 Å². The molecular weight excluding hydrogens is 306 g/mol. The molecule has 0 fully saturated rings. The summed E-state index contributed by atoms with van der Waals surface area (Å²) < 4.78 is 6.58. The van der Waals surface area contributed by atoms with Crippen LogP contribution in [0.5, 0.6) is 0 Å². The van der Waals surface area contributed by atoms with Gasteiger partial charge in [0.05, 0.1) is 13.7 Å². The molecule has 1 N–H and O–H groups in total. The first-order valence-corrected chi connectivity index (χ1v) is 7.94. The lowest BCUT2D eigenvalue weighted by atomic mass is 10.0. The van der Waals surface area contributed by atoms with Gasteiger partial charge in [-0.3, -0.25) is 9.48 Å². The van der Waals surface area contributed by atoms with Gasteiger partial charge in [-0.25, -0.2) is 4.79 Å². The summed E-state index contributed by atoms with van der Waals surface area (Å²) in [6.45, 7) is 4.63. The molecule has 24 heavy (non-hydrogen) atoms. The fraction of sp³-hybridized carbons (Fsp3) is 0.389. The molecule has 0 spiro atoms. The minimum Gasteiger partial charge on any atom is -0.467 e. The second-order valence-electron chi connectivity index (χ2n) is 6.08. The smallest absolute Gasteiger partial charge is 0.328 e. The number of hydrogen-bond donors (Lipinski definition) is 1. The van der Waals surface area contributed by atoms with Crippen LogP contribution in [0.3, 0.4) is 0 Å². The van der Waals surface area contributed by atoms with Crippen LogP contribution in [-0.4, -0.2) is 34.8 Å². The number of methoxy groups -OCH3 is 1. The van der Waals surface area contributed by atoms with Crippen LogP contribution in [0, 0.1) is 5.92 Å². The van der Waals surface area contributed by atoms with Crippen molar-refractivity contribution in [3.63, 3.8) is 0 Å². The summed E-state index contributed by atoms with van der Waals surface area (Å²) in [6, 6.07) is 8.49. The summed E-state index contributed by atoms with van der Waals surface area (Å²) in [5.41, 5.74) is 1.55. The number of benzene rings is 1. The third-order valence-corrected chi connectivity index (χ3v) is 3.62. The summed E-state index contributed by atoms with van der Waals surface area (Å²) in [4.78, 5) is 24.1. The summed E-state index contributed by atoms with van der Waals surface area (Å²) >= 11 is 0. The number of aromatic nitrogens is 2. The molecule has 0 unspecified atom stereocenters. The van der Waals surface area contributed by atoms with Crippen LogP contribution in [0.15, 0.2) is 42.7 Å². The maximum absolute atomic E-state index is 12.3. The Morgan fingerprint density at radius 3 is 2.50 bits per heavy atom. The third kappa shape index (κ3) is 4.94. The average Bonchev–Trinajstić information content (AvgIpc) is 3.06. The molecule has 1 aromatic heterocycles. The summed E-state index contributed by atoms with van der Waals surface area (Å²) in [7, 11) is 1.33. The van der Waals surface area contributed by atoms with E-state index in [1.807, 2.05) is 42.9 Å². The molecular formula is C18H23N3O3. The predicted octanol–water partition coefficient (Wildman–Crippen LogP) is 2.25. The van der Waals surface area contributed by atoms with Crippen molar-refractivity contribution in [2.24, 2.45) is 5.92 Å². The van der Waals surface area contributed by atoms with E-state index in [0.717, 1.165) is 5.56 Å². The lowest BCUT2D eigenvalue weighted by Gasteiger charge is -2.18. The van der Waals surface area contributed by atoms with E-state index in [2.05, 4.69) is 10.4 Å². The number of carbonyl (C=O) groups is 2. The van der Waals surface area contributed by atoms with E-state index in [-0.39, 0.29) is 11.8 Å². The van der Waals surface area contributed by atoms with Gasteiger partial charge in [-0.2, -0.15) is 5.10 Å². The maximum Gasteiger partial charge on any atom is 0.328 e. The van der Waals surface area contributed by atoms with Crippen LogP contribution in [0.1, 0.15) is 36.2 Å². The fourth-order valence-electron chi connectivity index (χ4n) is 2.41. The number of hydrogen-bond acceptors (Lipinski definition) is 4. The Kier molecular flexibility index (Phi) is 6.12. The van der Waals surface area contributed by atoms with Gasteiger partial charge >= 0.3 is 5.97 Å². The van der Waals surface area contributed by atoms with E-state index >= 15 is 0 Å². The van der Waals surface area contributed by atoms with Crippen LogP contribution in [0.4, 0.5) is 0 Å². The monoisotopic (exact) mass is 329 g/mol. The van der Waals surface area contributed by atoms with Gasteiger partial charge in [-0.15, -0.1) is 0 Å². The van der Waals surface area contributed by atoms with E-state index in [4.69, 9.17) is 4.74 Å². The summed E-state index contributed by atoms with van der Waals surface area (Å²) in [5.74, 6) is -0.435. The highest BCUT2D eigenvalue weighted by molar-refractivity contribution is 5.96. The SMILES string of the molecule is COC(=O)[C@@H](CC(C)C)NC(=O)c1ccc(Cn2cccn2)cc1. The molecule has 1 aromatic carbocycles. The highest BCUT2D eigenvalue weighted by Crippen LogP contribution is 2.10. The van der Waals surface area contributed by atoms with Crippen LogP contribution in [-0.2, 0) is 16.1 Å². The highest BCUT2D eigenvalue weighted by atomic mass is 16.5. The second kappa shape index (κ2) is 8.29. The molecule has 0 saturated heterocycles. The highest BCUT2D eigenvalue weighted by Gasteiger charge is 2.23. The van der Waals surface area contributed by atoms with Crippen molar-refractivity contribution < 1.29 is 14.3 Å². The number of carbonyl (C=O) groups excluding carboxylic acids is 2. The van der Waals surface area contributed by atoms with E-state index in [9.17, 15) is 9.59 Å². The van der Waals surface area contributed by atoms with Crippen molar-refractivity contribution >= 4 is 11.9 Å². The standard InChI is InChI=1S/C18H23N3O3/c1-13(2)11-16(18(23)24-3)20-17(22)15-7-5-14(6-8-15)12-21-10-4-9-19-21/h4-10,13,16H,11-12H2,1-3H3,(H,20,22)/t16-/m1/s1. The maximum atomic E-state index is 12.3. The quantitative estimate of drug-likeness (QED) is 0.791. The van der Waals surface area contributed by atoms with Gasteiger partial charge < -0.3 is 10.1 Å². The molecule has 128 valence electrons. The number of esters is 1. The lowest BCUT2D eigenvalue weighted by molar-refractivity contribution is -0.143. The molecule has 1 atom stereocenters. The molecule has 0 bridgehead atoms. The zero-order chi connectivity index (χ0) is 17.5. The normalized spacial score (nSPS) is 12.0. The van der Waals surface area contributed by atoms with E-state index in [0.29, 0.717) is 18.5 Å². The Balaban J connectivity index is 2.01. The number of nitrogens with one attached hydrogen (secondary N) is 1. The van der Waals surface area contributed by atoms with Crippen molar-refractivity contribution in [3.8, 4) is 0 Å². The van der Waals surface area contributed by atoms with E-state index < -0.39 is 12.0 Å². The zero-order valence-electron chi connectivity index (χ0n) is 14.2. The van der Waals surface area contributed by atoms with Crippen LogP contribution in [0.2, 0.25) is 0 Å².